The molecule has 0 amide bonds. The highest BCUT2D eigenvalue weighted by atomic mass is 35.5. The number of nitrogens with one attached hydrogen (secondary N) is 1. The molecule has 0 aromatic heterocycles. The monoisotopic (exact) mass is 288 g/mol. The van der Waals surface area contributed by atoms with Gasteiger partial charge in [0.25, 0.3) is 0 Å². The Morgan fingerprint density at radius 1 is 1.56 bits per heavy atom. The third kappa shape index (κ3) is 3.68. The molecule has 1 rings (SSSR count). The number of hydrogen-bond acceptors (Lipinski definition) is 4. The Morgan fingerprint density at radius 2 is 2.22 bits per heavy atom. The van der Waals surface area contributed by atoms with Crippen LogP contribution in [0.5, 0.6) is 0 Å². The van der Waals surface area contributed by atoms with E-state index < -0.39 is 10.0 Å². The molecule has 1 atom stereocenters. The molecule has 18 heavy (non-hydrogen) atoms. The number of hydrogen-bond donors (Lipinski definition) is 2. The molecule has 0 heterocycles. The minimum Gasteiger partial charge on any atom is -0.396 e. The Morgan fingerprint density at radius 3 is 2.78 bits per heavy atom. The van der Waals surface area contributed by atoms with Gasteiger partial charge >= 0.3 is 0 Å². The zero-order chi connectivity index (χ0) is 13.8. The minimum absolute atomic E-state index is 0.00773. The van der Waals surface area contributed by atoms with Crippen molar-refractivity contribution in [3.05, 3.63) is 28.8 Å². The molecule has 0 aliphatic rings. The van der Waals surface area contributed by atoms with Crippen molar-refractivity contribution in [1.82, 2.24) is 4.72 Å². The van der Waals surface area contributed by atoms with E-state index in [0.717, 1.165) is 0 Å². The molecule has 0 radical (unpaired) electrons. The van der Waals surface area contributed by atoms with Crippen molar-refractivity contribution in [1.29, 1.82) is 5.26 Å². The summed E-state index contributed by atoms with van der Waals surface area (Å²) in [6.45, 7) is 1.69. The number of sulfonamides is 1. The lowest BCUT2D eigenvalue weighted by Gasteiger charge is -2.11. The summed E-state index contributed by atoms with van der Waals surface area (Å²) in [5.74, 6) is -0.197. The molecule has 2 N–H and O–H groups in total. The van der Waals surface area contributed by atoms with Crippen molar-refractivity contribution in [2.45, 2.75) is 11.8 Å². The number of nitriles is 1. The Bertz CT molecular complexity index is 566. The second-order valence-electron chi connectivity index (χ2n) is 3.89. The van der Waals surface area contributed by atoms with Crippen LogP contribution in [-0.4, -0.2) is 26.7 Å². The molecule has 0 aliphatic heterocycles. The van der Waals surface area contributed by atoms with Gasteiger partial charge in [-0.2, -0.15) is 5.26 Å². The molecule has 0 fully saturated rings. The lowest BCUT2D eigenvalue weighted by molar-refractivity contribution is 0.238. The number of rotatable bonds is 5. The molecule has 1 aromatic carbocycles. The van der Waals surface area contributed by atoms with Crippen LogP contribution in [0.3, 0.4) is 0 Å². The van der Waals surface area contributed by atoms with Crippen LogP contribution in [0.4, 0.5) is 0 Å². The van der Waals surface area contributed by atoms with Gasteiger partial charge in [-0.1, -0.05) is 18.5 Å². The summed E-state index contributed by atoms with van der Waals surface area (Å²) in [5.41, 5.74) is -0.00773. The second kappa shape index (κ2) is 6.16. The average Bonchev–Trinajstić information content (AvgIpc) is 2.35. The van der Waals surface area contributed by atoms with Crippen LogP contribution in [0.25, 0.3) is 0 Å². The van der Waals surface area contributed by atoms with Crippen LogP contribution in [0.2, 0.25) is 5.02 Å². The van der Waals surface area contributed by atoms with E-state index in [1.165, 1.54) is 18.2 Å². The molecule has 7 heteroatoms. The molecule has 0 saturated carbocycles. The molecular weight excluding hydrogens is 276 g/mol. The summed E-state index contributed by atoms with van der Waals surface area (Å²) in [6, 6.07) is 5.78. The van der Waals surface area contributed by atoms with Gasteiger partial charge in [0.05, 0.1) is 10.5 Å². The topological polar surface area (TPSA) is 90.2 Å². The van der Waals surface area contributed by atoms with Gasteiger partial charge < -0.3 is 5.11 Å². The largest absolute Gasteiger partial charge is 0.396 e. The lowest BCUT2D eigenvalue weighted by atomic mass is 10.2. The fraction of sp³-hybridized carbons (Fsp3) is 0.364. The van der Waals surface area contributed by atoms with Crippen LogP contribution in [-0.2, 0) is 10.0 Å². The van der Waals surface area contributed by atoms with Gasteiger partial charge in [-0.3, -0.25) is 0 Å². The maximum atomic E-state index is 12.0. The molecule has 0 spiro atoms. The van der Waals surface area contributed by atoms with Gasteiger partial charge in [-0.15, -0.1) is 0 Å². The zero-order valence-corrected chi connectivity index (χ0v) is 11.3. The molecule has 0 aliphatic carbocycles. The van der Waals surface area contributed by atoms with E-state index in [4.69, 9.17) is 22.0 Å². The summed E-state index contributed by atoms with van der Waals surface area (Å²) in [6.07, 6.45) is 0. The fourth-order valence-electron chi connectivity index (χ4n) is 1.22. The maximum absolute atomic E-state index is 12.0. The highest BCUT2D eigenvalue weighted by Crippen LogP contribution is 2.19. The summed E-state index contributed by atoms with van der Waals surface area (Å²) in [5, 5.41) is 18.0. The van der Waals surface area contributed by atoms with E-state index >= 15 is 0 Å². The Balaban J connectivity index is 3.03. The van der Waals surface area contributed by atoms with Gasteiger partial charge in [0.1, 0.15) is 6.07 Å². The first-order valence-corrected chi connectivity index (χ1v) is 7.07. The number of benzene rings is 1. The molecular formula is C11H13ClN2O3S. The van der Waals surface area contributed by atoms with E-state index in [0.29, 0.717) is 5.02 Å². The third-order valence-electron chi connectivity index (χ3n) is 2.29. The molecule has 5 nitrogen and oxygen atoms in total. The van der Waals surface area contributed by atoms with Crippen molar-refractivity contribution < 1.29 is 13.5 Å². The van der Waals surface area contributed by atoms with Crippen LogP contribution in [0.15, 0.2) is 23.1 Å². The lowest BCUT2D eigenvalue weighted by Crippen LogP contribution is -2.30. The summed E-state index contributed by atoms with van der Waals surface area (Å²) < 4.78 is 26.3. The van der Waals surface area contributed by atoms with Crippen molar-refractivity contribution in [2.24, 2.45) is 5.92 Å². The molecule has 0 saturated heterocycles. The van der Waals surface area contributed by atoms with E-state index in [-0.39, 0.29) is 29.5 Å². The summed E-state index contributed by atoms with van der Waals surface area (Å²) in [4.78, 5) is -0.112. The first-order chi connectivity index (χ1) is 8.40. The Hall–Kier alpha value is -1.13. The van der Waals surface area contributed by atoms with Gasteiger partial charge in [-0.25, -0.2) is 13.1 Å². The predicted molar refractivity (Wildman–Crippen MR) is 67.6 cm³/mol. The van der Waals surface area contributed by atoms with Crippen LogP contribution >= 0.6 is 11.6 Å². The van der Waals surface area contributed by atoms with Gasteiger partial charge in [-0.05, 0) is 24.1 Å². The molecule has 1 aromatic rings. The van der Waals surface area contributed by atoms with Crippen molar-refractivity contribution in [2.75, 3.05) is 13.2 Å². The van der Waals surface area contributed by atoms with Gasteiger partial charge in [0.15, 0.2) is 0 Å². The minimum atomic E-state index is -3.77. The van der Waals surface area contributed by atoms with Crippen molar-refractivity contribution >= 4 is 21.6 Å². The van der Waals surface area contributed by atoms with Crippen LogP contribution in [0, 0.1) is 17.2 Å². The standard InChI is InChI=1S/C11H13ClN2O3S/c1-8(7-15)6-14-18(16,17)11-3-2-10(12)4-9(11)5-13/h2-4,8,14-15H,6-7H2,1H3. The fourth-order valence-corrected chi connectivity index (χ4v) is 2.69. The van der Waals surface area contributed by atoms with E-state index in [1.54, 1.807) is 13.0 Å². The summed E-state index contributed by atoms with van der Waals surface area (Å²) in [7, 11) is -3.77. The quantitative estimate of drug-likeness (QED) is 0.849. The van der Waals surface area contributed by atoms with Gasteiger partial charge in [0, 0.05) is 18.2 Å². The zero-order valence-electron chi connectivity index (χ0n) is 9.72. The number of halogens is 1. The average molecular weight is 289 g/mol. The van der Waals surface area contributed by atoms with Gasteiger partial charge in [0.2, 0.25) is 10.0 Å². The summed E-state index contributed by atoms with van der Waals surface area (Å²) >= 11 is 5.70. The van der Waals surface area contributed by atoms with E-state index in [2.05, 4.69) is 4.72 Å². The SMILES string of the molecule is CC(CO)CNS(=O)(=O)c1ccc(Cl)cc1C#N. The highest BCUT2D eigenvalue weighted by Gasteiger charge is 2.19. The van der Waals surface area contributed by atoms with E-state index in [9.17, 15) is 8.42 Å². The third-order valence-corrected chi connectivity index (χ3v) is 4.00. The van der Waals surface area contributed by atoms with E-state index in [1.807, 2.05) is 0 Å². The normalized spacial score (nSPS) is 13.0. The molecule has 1 unspecified atom stereocenters. The molecule has 98 valence electrons. The van der Waals surface area contributed by atoms with Crippen LogP contribution < -0.4 is 4.72 Å². The second-order valence-corrected chi connectivity index (χ2v) is 6.06. The first kappa shape index (κ1) is 14.9. The number of nitrogens with zero attached hydrogens (tertiary/aromatic N) is 1. The highest BCUT2D eigenvalue weighted by molar-refractivity contribution is 7.89. The number of aliphatic hydroxyl groups excluding tert-OH is 1. The smallest absolute Gasteiger partial charge is 0.241 e. The Labute approximate surface area is 111 Å². The van der Waals surface area contributed by atoms with Crippen molar-refractivity contribution in [3.8, 4) is 6.07 Å². The van der Waals surface area contributed by atoms with Crippen molar-refractivity contribution in [3.63, 3.8) is 0 Å². The van der Waals surface area contributed by atoms with Crippen LogP contribution in [0.1, 0.15) is 12.5 Å². The molecule has 0 bridgehead atoms. The maximum Gasteiger partial charge on any atom is 0.241 e. The Kier molecular flexibility index (Phi) is 5.11. The number of aliphatic hydroxyl groups is 1. The first-order valence-electron chi connectivity index (χ1n) is 5.21. The predicted octanol–water partition coefficient (Wildman–Crippen LogP) is 1.12.